The summed E-state index contributed by atoms with van der Waals surface area (Å²) >= 11 is 0. The summed E-state index contributed by atoms with van der Waals surface area (Å²) in [5.41, 5.74) is 2.27. The highest BCUT2D eigenvalue weighted by molar-refractivity contribution is 5.77. The quantitative estimate of drug-likeness (QED) is 0.507. The lowest BCUT2D eigenvalue weighted by Crippen LogP contribution is -2.29. The molecule has 0 bridgehead atoms. The van der Waals surface area contributed by atoms with Crippen LogP contribution in [0.2, 0.25) is 0 Å². The Morgan fingerprint density at radius 3 is 2.00 bits per heavy atom. The maximum Gasteiger partial charge on any atom is 0.221 e. The first-order chi connectivity index (χ1) is 14.3. The molecule has 0 heterocycles. The van der Waals surface area contributed by atoms with Crippen LogP contribution in [0, 0.1) is 0 Å². The van der Waals surface area contributed by atoms with Gasteiger partial charge in [-0.1, -0.05) is 66.7 Å². The molecule has 4 heteroatoms. The van der Waals surface area contributed by atoms with Gasteiger partial charge in [-0.05, 0) is 30.2 Å². The third-order valence-electron chi connectivity index (χ3n) is 4.60. The number of benzene rings is 3. The first-order valence-electron chi connectivity index (χ1n) is 9.98. The fourth-order valence-corrected chi connectivity index (χ4v) is 3.24. The van der Waals surface area contributed by atoms with Crippen LogP contribution in [0.15, 0.2) is 84.9 Å². The summed E-state index contributed by atoms with van der Waals surface area (Å²) < 4.78 is 11.2. The molecule has 29 heavy (non-hydrogen) atoms. The van der Waals surface area contributed by atoms with Crippen molar-refractivity contribution >= 4 is 5.91 Å². The Hall–Kier alpha value is -3.27. The van der Waals surface area contributed by atoms with Gasteiger partial charge < -0.3 is 14.8 Å². The van der Waals surface area contributed by atoms with E-state index in [9.17, 15) is 4.79 Å². The molecule has 0 radical (unpaired) electrons. The molecular formula is C25H27NO3. The van der Waals surface area contributed by atoms with E-state index in [0.717, 1.165) is 22.6 Å². The topological polar surface area (TPSA) is 47.6 Å². The fourth-order valence-electron chi connectivity index (χ4n) is 3.24. The van der Waals surface area contributed by atoms with Crippen molar-refractivity contribution in [2.75, 3.05) is 19.8 Å². The Kier molecular flexibility index (Phi) is 7.70. The Bertz CT molecular complexity index is 841. The summed E-state index contributed by atoms with van der Waals surface area (Å²) in [4.78, 5) is 12.6. The van der Waals surface area contributed by atoms with Crippen LogP contribution in [-0.4, -0.2) is 25.7 Å². The van der Waals surface area contributed by atoms with E-state index in [-0.39, 0.29) is 11.8 Å². The second-order valence-electron chi connectivity index (χ2n) is 6.68. The average Bonchev–Trinajstić information content (AvgIpc) is 2.77. The Balaban J connectivity index is 1.52. The van der Waals surface area contributed by atoms with E-state index < -0.39 is 0 Å². The molecule has 0 saturated carbocycles. The second-order valence-corrected chi connectivity index (χ2v) is 6.68. The standard InChI is InChI=1S/C25H27NO3/c1-2-28-22-14-9-15-23(18-22)29-17-16-26-25(27)19-24(20-10-5-3-6-11-20)21-12-7-4-8-13-21/h3-15,18,24H,2,16-17,19H2,1H3,(H,26,27). The number of amides is 1. The minimum atomic E-state index is 0.00868. The van der Waals surface area contributed by atoms with E-state index >= 15 is 0 Å². The monoisotopic (exact) mass is 389 g/mol. The van der Waals surface area contributed by atoms with E-state index in [1.807, 2.05) is 67.6 Å². The summed E-state index contributed by atoms with van der Waals surface area (Å²) in [6.45, 7) is 3.42. The first-order valence-corrected chi connectivity index (χ1v) is 9.98. The average molecular weight is 389 g/mol. The van der Waals surface area contributed by atoms with Gasteiger partial charge in [0.2, 0.25) is 5.91 Å². The number of carbonyl (C=O) groups is 1. The lowest BCUT2D eigenvalue weighted by atomic mass is 9.88. The Morgan fingerprint density at radius 2 is 1.41 bits per heavy atom. The molecule has 0 saturated heterocycles. The zero-order valence-electron chi connectivity index (χ0n) is 16.7. The highest BCUT2D eigenvalue weighted by atomic mass is 16.5. The molecule has 0 aliphatic rings. The molecule has 1 amide bonds. The maximum atomic E-state index is 12.6. The van der Waals surface area contributed by atoms with E-state index in [4.69, 9.17) is 9.47 Å². The number of rotatable bonds is 10. The van der Waals surface area contributed by atoms with Gasteiger partial charge in [-0.2, -0.15) is 0 Å². The van der Waals surface area contributed by atoms with Gasteiger partial charge in [0.15, 0.2) is 0 Å². The fraction of sp³-hybridized carbons (Fsp3) is 0.240. The Morgan fingerprint density at radius 1 is 0.828 bits per heavy atom. The largest absolute Gasteiger partial charge is 0.494 e. The van der Waals surface area contributed by atoms with Crippen molar-refractivity contribution in [2.45, 2.75) is 19.3 Å². The highest BCUT2D eigenvalue weighted by Crippen LogP contribution is 2.27. The summed E-state index contributed by atoms with van der Waals surface area (Å²) in [5.74, 6) is 1.55. The molecular weight excluding hydrogens is 362 g/mol. The van der Waals surface area contributed by atoms with Crippen molar-refractivity contribution in [3.63, 3.8) is 0 Å². The molecule has 3 rings (SSSR count). The van der Waals surface area contributed by atoms with Crippen molar-refractivity contribution in [1.29, 1.82) is 0 Å². The van der Waals surface area contributed by atoms with Gasteiger partial charge in [-0.25, -0.2) is 0 Å². The van der Waals surface area contributed by atoms with Gasteiger partial charge in [-0.15, -0.1) is 0 Å². The number of carbonyl (C=O) groups excluding carboxylic acids is 1. The van der Waals surface area contributed by atoms with Crippen molar-refractivity contribution in [3.05, 3.63) is 96.1 Å². The third-order valence-corrected chi connectivity index (χ3v) is 4.60. The van der Waals surface area contributed by atoms with Crippen LogP contribution < -0.4 is 14.8 Å². The molecule has 4 nitrogen and oxygen atoms in total. The van der Waals surface area contributed by atoms with Crippen molar-refractivity contribution in [2.24, 2.45) is 0 Å². The summed E-state index contributed by atoms with van der Waals surface area (Å²) in [6, 6.07) is 27.8. The third kappa shape index (κ3) is 6.39. The zero-order chi connectivity index (χ0) is 20.3. The molecule has 0 atom stereocenters. The van der Waals surface area contributed by atoms with Crippen LogP contribution in [-0.2, 0) is 4.79 Å². The van der Waals surface area contributed by atoms with Crippen molar-refractivity contribution in [3.8, 4) is 11.5 Å². The molecule has 0 aromatic heterocycles. The molecule has 0 fully saturated rings. The van der Waals surface area contributed by atoms with Crippen LogP contribution in [0.4, 0.5) is 0 Å². The molecule has 3 aromatic carbocycles. The molecule has 0 aliphatic carbocycles. The van der Waals surface area contributed by atoms with Crippen molar-refractivity contribution in [1.82, 2.24) is 5.32 Å². The Labute approximate surface area is 172 Å². The molecule has 150 valence electrons. The minimum Gasteiger partial charge on any atom is -0.494 e. The van der Waals surface area contributed by atoms with E-state index in [1.54, 1.807) is 0 Å². The van der Waals surface area contributed by atoms with Crippen LogP contribution in [0.1, 0.15) is 30.4 Å². The van der Waals surface area contributed by atoms with E-state index in [2.05, 4.69) is 29.6 Å². The highest BCUT2D eigenvalue weighted by Gasteiger charge is 2.17. The maximum absolute atomic E-state index is 12.6. The van der Waals surface area contributed by atoms with Gasteiger partial charge in [0.1, 0.15) is 18.1 Å². The van der Waals surface area contributed by atoms with Crippen molar-refractivity contribution < 1.29 is 14.3 Å². The number of ether oxygens (including phenoxy) is 2. The molecule has 0 spiro atoms. The van der Waals surface area contributed by atoms with Crippen LogP contribution in [0.25, 0.3) is 0 Å². The molecule has 0 aliphatic heterocycles. The van der Waals surface area contributed by atoms with Crippen LogP contribution in [0.5, 0.6) is 11.5 Å². The predicted octanol–water partition coefficient (Wildman–Crippen LogP) is 4.80. The van der Waals surface area contributed by atoms with Gasteiger partial charge in [0, 0.05) is 18.4 Å². The van der Waals surface area contributed by atoms with E-state index in [1.165, 1.54) is 0 Å². The molecule has 1 N–H and O–H groups in total. The van der Waals surface area contributed by atoms with Gasteiger partial charge in [0.25, 0.3) is 0 Å². The van der Waals surface area contributed by atoms with Gasteiger partial charge >= 0.3 is 0 Å². The summed E-state index contributed by atoms with van der Waals surface area (Å²) in [5, 5.41) is 2.97. The molecule has 3 aromatic rings. The lowest BCUT2D eigenvalue weighted by molar-refractivity contribution is -0.121. The number of hydrogen-bond acceptors (Lipinski definition) is 3. The second kappa shape index (κ2) is 10.9. The van der Waals surface area contributed by atoms with Crippen LogP contribution >= 0.6 is 0 Å². The number of nitrogens with one attached hydrogen (secondary N) is 1. The predicted molar refractivity (Wildman–Crippen MR) is 115 cm³/mol. The van der Waals surface area contributed by atoms with Gasteiger partial charge in [0.05, 0.1) is 13.2 Å². The summed E-state index contributed by atoms with van der Waals surface area (Å²) in [7, 11) is 0. The zero-order valence-corrected chi connectivity index (χ0v) is 16.7. The number of hydrogen-bond donors (Lipinski definition) is 1. The SMILES string of the molecule is CCOc1cccc(OCCNC(=O)CC(c2ccccc2)c2ccccc2)c1. The normalized spacial score (nSPS) is 10.6. The van der Waals surface area contributed by atoms with E-state index in [0.29, 0.717) is 26.2 Å². The molecule has 0 unspecified atom stereocenters. The smallest absolute Gasteiger partial charge is 0.221 e. The first kappa shape index (κ1) is 20.5. The summed E-state index contributed by atoms with van der Waals surface area (Å²) in [6.07, 6.45) is 0.397. The lowest BCUT2D eigenvalue weighted by Gasteiger charge is -2.18. The van der Waals surface area contributed by atoms with Crippen LogP contribution in [0.3, 0.4) is 0 Å². The van der Waals surface area contributed by atoms with Gasteiger partial charge in [-0.3, -0.25) is 4.79 Å². The minimum absolute atomic E-state index is 0.00868.